The lowest BCUT2D eigenvalue weighted by Crippen LogP contribution is -2.46. The van der Waals surface area contributed by atoms with Crippen LogP contribution in [0.3, 0.4) is 0 Å². The number of piperidine rings is 1. The van der Waals surface area contributed by atoms with E-state index in [0.29, 0.717) is 11.9 Å². The third kappa shape index (κ3) is 4.52. The monoisotopic (exact) mass is 377 g/mol. The minimum atomic E-state index is 0. The zero-order valence-electron chi connectivity index (χ0n) is 15.6. The number of likely N-dealkylation sites (tertiary alicyclic amines) is 1. The molecule has 1 aromatic rings. The predicted octanol–water partition coefficient (Wildman–Crippen LogP) is 3.74. The fourth-order valence-electron chi connectivity index (χ4n) is 4.70. The van der Waals surface area contributed by atoms with E-state index in [1.54, 1.807) is 0 Å². The highest BCUT2D eigenvalue weighted by Crippen LogP contribution is 2.28. The van der Waals surface area contributed by atoms with Gasteiger partial charge < -0.3 is 10.6 Å². The smallest absolute Gasteiger partial charge is 0.223 e. The van der Waals surface area contributed by atoms with Crippen LogP contribution in [0, 0.1) is 5.92 Å². The van der Waals surface area contributed by atoms with E-state index in [4.69, 9.17) is 0 Å². The number of hydrogen-bond donors (Lipinski definition) is 2. The van der Waals surface area contributed by atoms with Crippen molar-refractivity contribution < 1.29 is 4.79 Å². The van der Waals surface area contributed by atoms with Gasteiger partial charge in [-0.05, 0) is 43.2 Å². The predicted molar refractivity (Wildman–Crippen MR) is 109 cm³/mol. The van der Waals surface area contributed by atoms with Crippen LogP contribution in [0.4, 0.5) is 5.69 Å². The van der Waals surface area contributed by atoms with Gasteiger partial charge in [-0.1, -0.05) is 37.5 Å². The maximum Gasteiger partial charge on any atom is 0.223 e. The van der Waals surface area contributed by atoms with Crippen LogP contribution in [0.25, 0.3) is 0 Å². The van der Waals surface area contributed by atoms with Gasteiger partial charge in [-0.15, -0.1) is 12.4 Å². The van der Waals surface area contributed by atoms with Crippen LogP contribution < -0.4 is 10.6 Å². The first kappa shape index (κ1) is 19.5. The lowest BCUT2D eigenvalue weighted by Gasteiger charge is -2.33. The summed E-state index contributed by atoms with van der Waals surface area (Å²) in [7, 11) is 0. The van der Waals surface area contributed by atoms with Gasteiger partial charge in [0.15, 0.2) is 0 Å². The molecule has 2 fully saturated rings. The topological polar surface area (TPSA) is 44.4 Å². The van der Waals surface area contributed by atoms with Crippen LogP contribution in [-0.4, -0.2) is 36.5 Å². The first-order valence-corrected chi connectivity index (χ1v) is 10.2. The lowest BCUT2D eigenvalue weighted by molar-refractivity contribution is -0.127. The first-order valence-electron chi connectivity index (χ1n) is 10.2. The molecule has 1 amide bonds. The van der Waals surface area contributed by atoms with Crippen molar-refractivity contribution in [1.82, 2.24) is 10.2 Å². The molecule has 4 rings (SSSR count). The SMILES string of the molecule is Cl.O=C(NC1CCN(Cc2cccc3c2NCC3)CC1)C1CCCCC1. The Bertz CT molecular complexity index is 607. The molecule has 0 unspecified atom stereocenters. The molecule has 1 saturated carbocycles. The Morgan fingerprint density at radius 1 is 1.12 bits per heavy atom. The van der Waals surface area contributed by atoms with Gasteiger partial charge in [0.05, 0.1) is 0 Å². The van der Waals surface area contributed by atoms with Gasteiger partial charge in [0.25, 0.3) is 0 Å². The number of carbonyl (C=O) groups excluding carboxylic acids is 1. The van der Waals surface area contributed by atoms with E-state index < -0.39 is 0 Å². The van der Waals surface area contributed by atoms with Crippen molar-refractivity contribution in [2.75, 3.05) is 25.0 Å². The van der Waals surface area contributed by atoms with Crippen LogP contribution in [-0.2, 0) is 17.8 Å². The number of hydrogen-bond acceptors (Lipinski definition) is 3. The Balaban J connectivity index is 0.00000196. The van der Waals surface area contributed by atoms with E-state index in [-0.39, 0.29) is 18.3 Å². The Labute approximate surface area is 163 Å². The fourth-order valence-corrected chi connectivity index (χ4v) is 4.70. The molecule has 4 nitrogen and oxygen atoms in total. The van der Waals surface area contributed by atoms with Crippen molar-refractivity contribution in [2.24, 2.45) is 5.92 Å². The van der Waals surface area contributed by atoms with E-state index in [1.165, 1.54) is 36.1 Å². The maximum atomic E-state index is 12.4. The van der Waals surface area contributed by atoms with Gasteiger partial charge in [0.2, 0.25) is 5.91 Å². The number of carbonyl (C=O) groups is 1. The van der Waals surface area contributed by atoms with E-state index in [2.05, 4.69) is 33.7 Å². The van der Waals surface area contributed by atoms with Crippen molar-refractivity contribution in [3.8, 4) is 0 Å². The summed E-state index contributed by atoms with van der Waals surface area (Å²) in [5.74, 6) is 0.605. The highest BCUT2D eigenvalue weighted by molar-refractivity contribution is 5.85. The normalized spacial score (nSPS) is 21.5. The Morgan fingerprint density at radius 3 is 2.65 bits per heavy atom. The molecule has 2 N–H and O–H groups in total. The number of benzene rings is 1. The molecule has 144 valence electrons. The molecule has 0 bridgehead atoms. The lowest BCUT2D eigenvalue weighted by atomic mass is 9.88. The molecular formula is C21H32ClN3O. The molecular weight excluding hydrogens is 346 g/mol. The zero-order valence-corrected chi connectivity index (χ0v) is 16.5. The average molecular weight is 378 g/mol. The highest BCUT2D eigenvalue weighted by atomic mass is 35.5. The first-order chi connectivity index (χ1) is 12.3. The van der Waals surface area contributed by atoms with Crippen LogP contribution in [0.2, 0.25) is 0 Å². The minimum absolute atomic E-state index is 0. The van der Waals surface area contributed by atoms with Gasteiger partial charge >= 0.3 is 0 Å². The van der Waals surface area contributed by atoms with Crippen LogP contribution in [0.15, 0.2) is 18.2 Å². The molecule has 0 aromatic heterocycles. The molecule has 0 spiro atoms. The van der Waals surface area contributed by atoms with Gasteiger partial charge in [0.1, 0.15) is 0 Å². The van der Waals surface area contributed by atoms with E-state index in [0.717, 1.165) is 58.3 Å². The summed E-state index contributed by atoms with van der Waals surface area (Å²) in [5.41, 5.74) is 4.27. The van der Waals surface area contributed by atoms with Crippen molar-refractivity contribution >= 4 is 24.0 Å². The number of amides is 1. The second-order valence-corrected chi connectivity index (χ2v) is 8.02. The van der Waals surface area contributed by atoms with E-state index >= 15 is 0 Å². The standard InChI is InChI=1S/C21H31N3O.ClH/c25-21(17-5-2-1-3-6-17)23-19-10-13-24(14-11-19)15-18-8-4-7-16-9-12-22-20(16)18;/h4,7-8,17,19,22H,1-3,5-6,9-15H2,(H,23,25);1H. The largest absolute Gasteiger partial charge is 0.384 e. The zero-order chi connectivity index (χ0) is 17.1. The Morgan fingerprint density at radius 2 is 1.88 bits per heavy atom. The summed E-state index contributed by atoms with van der Waals surface area (Å²) < 4.78 is 0. The van der Waals surface area contributed by atoms with Crippen LogP contribution in [0.1, 0.15) is 56.1 Å². The van der Waals surface area contributed by atoms with Gasteiger partial charge in [0, 0.05) is 43.8 Å². The average Bonchev–Trinajstić information content (AvgIpc) is 3.14. The molecule has 26 heavy (non-hydrogen) atoms. The molecule has 2 aliphatic heterocycles. The van der Waals surface area contributed by atoms with Gasteiger partial charge in [-0.2, -0.15) is 0 Å². The molecule has 1 saturated heterocycles. The Hall–Kier alpha value is -1.26. The number of fused-ring (bicyclic) bond motifs is 1. The minimum Gasteiger partial charge on any atom is -0.384 e. The summed E-state index contributed by atoms with van der Waals surface area (Å²) in [6.07, 6.45) is 9.27. The van der Waals surface area contributed by atoms with Crippen molar-refractivity contribution in [3.63, 3.8) is 0 Å². The number of para-hydroxylation sites is 1. The summed E-state index contributed by atoms with van der Waals surface area (Å²) >= 11 is 0. The van der Waals surface area contributed by atoms with E-state index in [1.807, 2.05) is 0 Å². The number of nitrogens with one attached hydrogen (secondary N) is 2. The van der Waals surface area contributed by atoms with Crippen LogP contribution in [0.5, 0.6) is 0 Å². The molecule has 1 aliphatic carbocycles. The summed E-state index contributed by atoms with van der Waals surface area (Å²) in [5, 5.41) is 6.88. The van der Waals surface area contributed by atoms with Crippen molar-refractivity contribution in [3.05, 3.63) is 29.3 Å². The summed E-state index contributed by atoms with van der Waals surface area (Å²) in [4.78, 5) is 15.0. The fraction of sp³-hybridized carbons (Fsp3) is 0.667. The van der Waals surface area contributed by atoms with Crippen molar-refractivity contribution in [2.45, 2.75) is 64.0 Å². The molecule has 5 heteroatoms. The second kappa shape index (κ2) is 9.09. The van der Waals surface area contributed by atoms with Gasteiger partial charge in [-0.25, -0.2) is 0 Å². The number of nitrogens with zero attached hydrogens (tertiary/aromatic N) is 1. The molecule has 1 aromatic carbocycles. The quantitative estimate of drug-likeness (QED) is 0.840. The second-order valence-electron chi connectivity index (χ2n) is 8.02. The molecule has 0 radical (unpaired) electrons. The number of halogens is 1. The summed E-state index contributed by atoms with van der Waals surface area (Å²) in [6, 6.07) is 7.07. The number of rotatable bonds is 4. The molecule has 0 atom stereocenters. The van der Waals surface area contributed by atoms with Crippen molar-refractivity contribution in [1.29, 1.82) is 0 Å². The highest BCUT2D eigenvalue weighted by Gasteiger charge is 2.26. The third-order valence-electron chi connectivity index (χ3n) is 6.24. The Kier molecular flexibility index (Phi) is 6.82. The third-order valence-corrected chi connectivity index (χ3v) is 6.24. The van der Waals surface area contributed by atoms with Gasteiger partial charge in [-0.3, -0.25) is 9.69 Å². The maximum absolute atomic E-state index is 12.4. The number of anilines is 1. The van der Waals surface area contributed by atoms with Crippen LogP contribution >= 0.6 is 12.4 Å². The molecule has 2 heterocycles. The molecule has 3 aliphatic rings. The summed E-state index contributed by atoms with van der Waals surface area (Å²) in [6.45, 7) is 4.26. The van der Waals surface area contributed by atoms with E-state index in [9.17, 15) is 4.79 Å².